The first kappa shape index (κ1) is 8.38. The molecule has 0 aliphatic carbocycles. The predicted octanol–water partition coefficient (Wildman–Crippen LogP) is 1.76. The Morgan fingerprint density at radius 2 is 2.23 bits per heavy atom. The third kappa shape index (κ3) is 1.25. The van der Waals surface area contributed by atoms with Crippen LogP contribution in [0.4, 0.5) is 0 Å². The number of cyclic esters (lactones) is 1. The topological polar surface area (TPSA) is 46.5 Å². The number of benzene rings is 1. The highest BCUT2D eigenvalue weighted by Gasteiger charge is 2.21. The molecule has 0 fully saturated rings. The maximum atomic E-state index is 11.2. The van der Waals surface area contributed by atoms with Crippen molar-refractivity contribution >= 4 is 17.6 Å². The largest absolute Gasteiger partial charge is 0.506 e. The van der Waals surface area contributed by atoms with E-state index in [0.717, 1.165) is 0 Å². The van der Waals surface area contributed by atoms with E-state index in [9.17, 15) is 9.90 Å². The summed E-state index contributed by atoms with van der Waals surface area (Å²) in [6.45, 7) is 0.328. The van der Waals surface area contributed by atoms with Gasteiger partial charge in [-0.3, -0.25) is 0 Å². The molecule has 0 radical (unpaired) electrons. The summed E-state index contributed by atoms with van der Waals surface area (Å²) in [5, 5.41) is 9.54. The molecule has 0 atom stereocenters. The van der Waals surface area contributed by atoms with Gasteiger partial charge in [-0.25, -0.2) is 4.79 Å². The van der Waals surface area contributed by atoms with Crippen molar-refractivity contribution in [1.29, 1.82) is 0 Å². The number of carbonyl (C=O) groups is 1. The van der Waals surface area contributed by atoms with Crippen LogP contribution in [0.25, 0.3) is 0 Å². The van der Waals surface area contributed by atoms with Crippen LogP contribution in [0, 0.1) is 0 Å². The molecular weight excluding hydrogens is 192 g/mol. The zero-order valence-corrected chi connectivity index (χ0v) is 7.47. The molecule has 0 spiro atoms. The van der Waals surface area contributed by atoms with Crippen LogP contribution < -0.4 is 0 Å². The molecule has 1 aromatic rings. The first-order valence-corrected chi connectivity index (χ1v) is 4.25. The van der Waals surface area contributed by atoms with Gasteiger partial charge in [0, 0.05) is 6.42 Å². The number of rotatable bonds is 0. The molecule has 1 aromatic carbocycles. The molecular formula is C9H7ClO3. The number of hydrogen-bond acceptors (Lipinski definition) is 3. The fraction of sp³-hybridized carbons (Fsp3) is 0.222. The maximum Gasteiger partial charge on any atom is 0.338 e. The van der Waals surface area contributed by atoms with E-state index in [-0.39, 0.29) is 16.7 Å². The monoisotopic (exact) mass is 198 g/mol. The molecule has 1 aliphatic rings. The van der Waals surface area contributed by atoms with Gasteiger partial charge in [0.1, 0.15) is 5.75 Å². The van der Waals surface area contributed by atoms with Gasteiger partial charge in [0.2, 0.25) is 0 Å². The zero-order valence-electron chi connectivity index (χ0n) is 6.71. The van der Waals surface area contributed by atoms with Crippen LogP contribution in [0.3, 0.4) is 0 Å². The minimum absolute atomic E-state index is 0.00937. The average Bonchev–Trinajstić information content (AvgIpc) is 2.12. The highest BCUT2D eigenvalue weighted by molar-refractivity contribution is 6.33. The van der Waals surface area contributed by atoms with E-state index in [0.29, 0.717) is 24.2 Å². The van der Waals surface area contributed by atoms with Gasteiger partial charge >= 0.3 is 5.97 Å². The summed E-state index contributed by atoms with van der Waals surface area (Å²) in [5.74, 6) is -0.363. The fourth-order valence-corrected chi connectivity index (χ4v) is 1.63. The third-order valence-electron chi connectivity index (χ3n) is 2.03. The molecule has 0 unspecified atom stereocenters. The molecule has 1 aliphatic heterocycles. The quantitative estimate of drug-likeness (QED) is 0.647. The molecule has 68 valence electrons. The van der Waals surface area contributed by atoms with Crippen LogP contribution in [0.1, 0.15) is 15.9 Å². The summed E-state index contributed by atoms with van der Waals surface area (Å²) in [4.78, 5) is 11.2. The van der Waals surface area contributed by atoms with Gasteiger partial charge in [-0.05, 0) is 17.7 Å². The SMILES string of the molecule is O=C1OCCc2c1ccc(O)c2Cl. The Balaban J connectivity index is 2.63. The van der Waals surface area contributed by atoms with Crippen molar-refractivity contribution in [2.45, 2.75) is 6.42 Å². The van der Waals surface area contributed by atoms with E-state index in [1.807, 2.05) is 0 Å². The molecule has 4 heteroatoms. The molecule has 0 saturated carbocycles. The van der Waals surface area contributed by atoms with E-state index in [2.05, 4.69) is 0 Å². The van der Waals surface area contributed by atoms with Crippen molar-refractivity contribution in [3.63, 3.8) is 0 Å². The van der Waals surface area contributed by atoms with Crippen molar-refractivity contribution in [2.75, 3.05) is 6.61 Å². The number of hydrogen-bond donors (Lipinski definition) is 1. The maximum absolute atomic E-state index is 11.2. The number of esters is 1. The Kier molecular flexibility index (Phi) is 1.88. The van der Waals surface area contributed by atoms with Crippen LogP contribution in [-0.2, 0) is 11.2 Å². The van der Waals surface area contributed by atoms with Crippen LogP contribution in [0.2, 0.25) is 5.02 Å². The Hall–Kier alpha value is -1.22. The number of fused-ring (bicyclic) bond motifs is 1. The minimum Gasteiger partial charge on any atom is -0.506 e. The summed E-state index contributed by atoms with van der Waals surface area (Å²) in [6.07, 6.45) is 0.564. The lowest BCUT2D eigenvalue weighted by Crippen LogP contribution is -2.17. The van der Waals surface area contributed by atoms with E-state index in [1.165, 1.54) is 12.1 Å². The number of phenols is 1. The Labute approximate surface area is 79.9 Å². The summed E-state index contributed by atoms with van der Waals surface area (Å²) in [7, 11) is 0. The molecule has 1 heterocycles. The van der Waals surface area contributed by atoms with Gasteiger partial charge in [-0.1, -0.05) is 11.6 Å². The smallest absolute Gasteiger partial charge is 0.338 e. The number of phenolic OH excluding ortho intramolecular Hbond substituents is 1. The van der Waals surface area contributed by atoms with Crippen molar-refractivity contribution in [3.05, 3.63) is 28.3 Å². The zero-order chi connectivity index (χ0) is 9.42. The van der Waals surface area contributed by atoms with Gasteiger partial charge in [0.25, 0.3) is 0 Å². The van der Waals surface area contributed by atoms with E-state index in [1.54, 1.807) is 0 Å². The lowest BCUT2D eigenvalue weighted by atomic mass is 10.0. The minimum atomic E-state index is -0.372. The fourth-order valence-electron chi connectivity index (χ4n) is 1.37. The van der Waals surface area contributed by atoms with Crippen LogP contribution in [-0.4, -0.2) is 17.7 Å². The molecule has 0 aromatic heterocycles. The van der Waals surface area contributed by atoms with E-state index in [4.69, 9.17) is 16.3 Å². The number of halogens is 1. The van der Waals surface area contributed by atoms with Crippen LogP contribution in [0.5, 0.6) is 5.75 Å². The van der Waals surface area contributed by atoms with E-state index < -0.39 is 0 Å². The van der Waals surface area contributed by atoms with Gasteiger partial charge in [0.05, 0.1) is 17.2 Å². The highest BCUT2D eigenvalue weighted by atomic mass is 35.5. The van der Waals surface area contributed by atoms with Crippen molar-refractivity contribution in [3.8, 4) is 5.75 Å². The van der Waals surface area contributed by atoms with Gasteiger partial charge in [-0.2, -0.15) is 0 Å². The molecule has 0 amide bonds. The van der Waals surface area contributed by atoms with Crippen molar-refractivity contribution in [1.82, 2.24) is 0 Å². The Morgan fingerprint density at radius 3 is 3.00 bits per heavy atom. The summed E-state index contributed by atoms with van der Waals surface area (Å²) in [5.41, 5.74) is 1.13. The molecule has 13 heavy (non-hydrogen) atoms. The third-order valence-corrected chi connectivity index (χ3v) is 2.45. The molecule has 1 N–H and O–H groups in total. The van der Waals surface area contributed by atoms with E-state index >= 15 is 0 Å². The number of ether oxygens (including phenoxy) is 1. The second-order valence-corrected chi connectivity index (χ2v) is 3.19. The summed E-state index contributed by atoms with van der Waals surface area (Å²) >= 11 is 5.82. The molecule has 0 saturated heterocycles. The van der Waals surface area contributed by atoms with Gasteiger partial charge in [0.15, 0.2) is 0 Å². The van der Waals surface area contributed by atoms with Gasteiger partial charge in [-0.15, -0.1) is 0 Å². The lowest BCUT2D eigenvalue weighted by Gasteiger charge is -2.16. The second-order valence-electron chi connectivity index (χ2n) is 2.81. The Morgan fingerprint density at radius 1 is 1.46 bits per heavy atom. The van der Waals surface area contributed by atoms with Crippen LogP contribution >= 0.6 is 11.6 Å². The first-order valence-electron chi connectivity index (χ1n) is 3.87. The average molecular weight is 199 g/mol. The number of aromatic hydroxyl groups is 1. The Bertz CT molecular complexity index is 373. The number of carbonyl (C=O) groups excluding carboxylic acids is 1. The normalized spacial score (nSPS) is 15.0. The molecule has 3 nitrogen and oxygen atoms in total. The summed E-state index contributed by atoms with van der Waals surface area (Å²) in [6, 6.07) is 2.92. The lowest BCUT2D eigenvalue weighted by molar-refractivity contribution is 0.0480. The first-order chi connectivity index (χ1) is 6.20. The van der Waals surface area contributed by atoms with Crippen LogP contribution in [0.15, 0.2) is 12.1 Å². The standard InChI is InChI=1S/C9H7ClO3/c10-8-5-3-4-13-9(12)6(5)1-2-7(8)11/h1-2,11H,3-4H2. The van der Waals surface area contributed by atoms with Gasteiger partial charge < -0.3 is 9.84 Å². The molecule has 2 rings (SSSR count). The highest BCUT2D eigenvalue weighted by Crippen LogP contribution is 2.32. The molecule has 0 bridgehead atoms. The summed E-state index contributed by atoms with van der Waals surface area (Å²) < 4.78 is 4.82. The second kappa shape index (κ2) is 2.92. The predicted molar refractivity (Wildman–Crippen MR) is 47.1 cm³/mol. The van der Waals surface area contributed by atoms with Crippen molar-refractivity contribution < 1.29 is 14.6 Å². The van der Waals surface area contributed by atoms with Crippen molar-refractivity contribution in [2.24, 2.45) is 0 Å².